The minimum absolute atomic E-state index is 0.389. The highest BCUT2D eigenvalue weighted by Gasteiger charge is 2.36. The van der Waals surface area contributed by atoms with Crippen molar-refractivity contribution in [2.75, 3.05) is 31.2 Å². The first kappa shape index (κ1) is 13.2. The van der Waals surface area contributed by atoms with E-state index in [4.69, 9.17) is 10.5 Å². The van der Waals surface area contributed by atoms with Crippen LogP contribution in [0.15, 0.2) is 18.2 Å². The topological polar surface area (TPSA) is 67.6 Å². The number of carbonyl (C=O) groups is 1. The zero-order valence-corrected chi connectivity index (χ0v) is 11.8. The van der Waals surface area contributed by atoms with Crippen LogP contribution < -0.4 is 11.1 Å². The van der Waals surface area contributed by atoms with Crippen molar-refractivity contribution >= 4 is 17.3 Å². The van der Waals surface area contributed by atoms with Crippen LogP contribution in [0.5, 0.6) is 0 Å². The molecule has 3 rings (SSSR count). The van der Waals surface area contributed by atoms with Crippen molar-refractivity contribution in [1.29, 1.82) is 0 Å². The minimum atomic E-state index is -0.389. The number of ether oxygens (including phenoxy) is 1. The lowest BCUT2D eigenvalue weighted by Crippen LogP contribution is -2.33. The summed E-state index contributed by atoms with van der Waals surface area (Å²) in [6.07, 6.45) is 3.71. The van der Waals surface area contributed by atoms with Gasteiger partial charge in [0.25, 0.3) is 0 Å². The molecule has 2 heterocycles. The summed E-state index contributed by atoms with van der Waals surface area (Å²) in [6, 6.07) is 6.58. The third-order valence-electron chi connectivity index (χ3n) is 4.42. The number of anilines is 2. The second-order valence-electron chi connectivity index (χ2n) is 5.58. The first-order valence-corrected chi connectivity index (χ1v) is 7.17. The van der Waals surface area contributed by atoms with Gasteiger partial charge in [-0.3, -0.25) is 4.90 Å². The molecule has 2 fully saturated rings. The number of nitrogens with two attached hydrogens (primary N) is 1. The van der Waals surface area contributed by atoms with E-state index in [1.165, 1.54) is 33.0 Å². The standard InChI is InChI=1S/C15H21N3O2/c1-20-15(19)11-9-10(4-5-12(11)16)17-13-6-8-18-7-2-3-14(13)18/h4-5,9,13-14,17H,2-3,6-8,16H2,1H3. The fourth-order valence-corrected chi connectivity index (χ4v) is 3.40. The quantitative estimate of drug-likeness (QED) is 0.649. The number of nitrogen functional groups attached to an aromatic ring is 1. The molecule has 2 atom stereocenters. The molecule has 0 aromatic heterocycles. The highest BCUT2D eigenvalue weighted by molar-refractivity contribution is 5.96. The first-order valence-electron chi connectivity index (χ1n) is 7.17. The van der Waals surface area contributed by atoms with E-state index in [0.717, 1.165) is 12.1 Å². The van der Waals surface area contributed by atoms with Gasteiger partial charge >= 0.3 is 5.97 Å². The molecule has 0 spiro atoms. The van der Waals surface area contributed by atoms with E-state index in [1.54, 1.807) is 12.1 Å². The first-order chi connectivity index (χ1) is 9.69. The monoisotopic (exact) mass is 275 g/mol. The second-order valence-corrected chi connectivity index (χ2v) is 5.58. The van der Waals surface area contributed by atoms with Crippen molar-refractivity contribution in [2.45, 2.75) is 31.3 Å². The number of esters is 1. The van der Waals surface area contributed by atoms with Crippen LogP contribution in [0.4, 0.5) is 11.4 Å². The van der Waals surface area contributed by atoms with E-state index in [-0.39, 0.29) is 5.97 Å². The van der Waals surface area contributed by atoms with E-state index >= 15 is 0 Å². The highest BCUT2D eigenvalue weighted by atomic mass is 16.5. The molecule has 20 heavy (non-hydrogen) atoms. The lowest BCUT2D eigenvalue weighted by Gasteiger charge is -2.22. The number of fused-ring (bicyclic) bond motifs is 1. The highest BCUT2D eigenvalue weighted by Crippen LogP contribution is 2.30. The largest absolute Gasteiger partial charge is 0.465 e. The molecule has 3 N–H and O–H groups in total. The average molecular weight is 275 g/mol. The Kier molecular flexibility index (Phi) is 3.53. The van der Waals surface area contributed by atoms with Gasteiger partial charge in [-0.1, -0.05) is 0 Å². The summed E-state index contributed by atoms with van der Waals surface area (Å²) in [6.45, 7) is 2.39. The van der Waals surface area contributed by atoms with Crippen molar-refractivity contribution < 1.29 is 9.53 Å². The van der Waals surface area contributed by atoms with Gasteiger partial charge in [-0.25, -0.2) is 4.79 Å². The van der Waals surface area contributed by atoms with E-state index < -0.39 is 0 Å². The third kappa shape index (κ3) is 2.33. The van der Waals surface area contributed by atoms with Crippen LogP contribution in [-0.4, -0.2) is 43.2 Å². The molecule has 2 aliphatic heterocycles. The van der Waals surface area contributed by atoms with Crippen LogP contribution in [-0.2, 0) is 4.74 Å². The Bertz CT molecular complexity index is 518. The molecule has 2 unspecified atom stereocenters. The van der Waals surface area contributed by atoms with E-state index in [2.05, 4.69) is 10.2 Å². The number of nitrogens with one attached hydrogen (secondary N) is 1. The van der Waals surface area contributed by atoms with Crippen LogP contribution in [0, 0.1) is 0 Å². The maximum Gasteiger partial charge on any atom is 0.340 e. The maximum atomic E-state index is 11.7. The van der Waals surface area contributed by atoms with Crippen molar-refractivity contribution in [3.8, 4) is 0 Å². The predicted octanol–water partition coefficient (Wildman–Crippen LogP) is 1.70. The van der Waals surface area contributed by atoms with Crippen molar-refractivity contribution in [3.05, 3.63) is 23.8 Å². The van der Waals surface area contributed by atoms with Crippen molar-refractivity contribution in [1.82, 2.24) is 4.90 Å². The van der Waals surface area contributed by atoms with Gasteiger partial charge in [0.1, 0.15) is 0 Å². The summed E-state index contributed by atoms with van der Waals surface area (Å²) < 4.78 is 4.76. The molecule has 0 saturated carbocycles. The van der Waals surface area contributed by atoms with E-state index in [9.17, 15) is 4.79 Å². The number of hydrogen-bond donors (Lipinski definition) is 2. The van der Waals surface area contributed by atoms with Gasteiger partial charge in [0.2, 0.25) is 0 Å². The lowest BCUT2D eigenvalue weighted by atomic mass is 10.1. The fraction of sp³-hybridized carbons (Fsp3) is 0.533. The molecule has 2 saturated heterocycles. The predicted molar refractivity (Wildman–Crippen MR) is 78.8 cm³/mol. The zero-order chi connectivity index (χ0) is 14.1. The number of rotatable bonds is 3. The maximum absolute atomic E-state index is 11.7. The number of methoxy groups -OCH3 is 1. The molecule has 108 valence electrons. The van der Waals surface area contributed by atoms with Gasteiger partial charge in [-0.15, -0.1) is 0 Å². The lowest BCUT2D eigenvalue weighted by molar-refractivity contribution is 0.0602. The number of nitrogens with zero attached hydrogens (tertiary/aromatic N) is 1. The van der Waals surface area contributed by atoms with Crippen LogP contribution in [0.25, 0.3) is 0 Å². The van der Waals surface area contributed by atoms with Gasteiger partial charge < -0.3 is 15.8 Å². The Morgan fingerprint density at radius 1 is 1.40 bits per heavy atom. The van der Waals surface area contributed by atoms with Crippen molar-refractivity contribution in [2.24, 2.45) is 0 Å². The number of hydrogen-bond acceptors (Lipinski definition) is 5. The summed E-state index contributed by atoms with van der Waals surface area (Å²) in [5.74, 6) is -0.389. The van der Waals surface area contributed by atoms with Gasteiger partial charge in [-0.2, -0.15) is 0 Å². The normalized spacial score (nSPS) is 25.4. The van der Waals surface area contributed by atoms with E-state index in [0.29, 0.717) is 23.3 Å². The molecule has 5 heteroatoms. The molecule has 5 nitrogen and oxygen atoms in total. The molecule has 1 aromatic rings. The van der Waals surface area contributed by atoms with Gasteiger partial charge in [0, 0.05) is 30.0 Å². The van der Waals surface area contributed by atoms with E-state index in [1.807, 2.05) is 6.07 Å². The van der Waals surface area contributed by atoms with Crippen LogP contribution in [0.2, 0.25) is 0 Å². The number of benzene rings is 1. The summed E-state index contributed by atoms with van der Waals surface area (Å²) in [5.41, 5.74) is 7.65. The molecular formula is C15H21N3O2. The summed E-state index contributed by atoms with van der Waals surface area (Å²) in [4.78, 5) is 14.2. The van der Waals surface area contributed by atoms with Crippen LogP contribution >= 0.6 is 0 Å². The van der Waals surface area contributed by atoms with Gasteiger partial charge in [-0.05, 0) is 44.0 Å². The minimum Gasteiger partial charge on any atom is -0.465 e. The van der Waals surface area contributed by atoms with Crippen LogP contribution in [0.3, 0.4) is 0 Å². The molecule has 1 aromatic carbocycles. The summed E-state index contributed by atoms with van der Waals surface area (Å²) in [7, 11) is 1.37. The molecule has 2 aliphatic rings. The Morgan fingerprint density at radius 3 is 3.05 bits per heavy atom. The number of carbonyl (C=O) groups excluding carboxylic acids is 1. The van der Waals surface area contributed by atoms with Crippen LogP contribution in [0.1, 0.15) is 29.6 Å². The molecule has 0 radical (unpaired) electrons. The Labute approximate surface area is 119 Å². The Balaban J connectivity index is 1.76. The Morgan fingerprint density at radius 2 is 2.25 bits per heavy atom. The Hall–Kier alpha value is -1.75. The zero-order valence-electron chi connectivity index (χ0n) is 11.8. The smallest absolute Gasteiger partial charge is 0.340 e. The molecule has 0 aliphatic carbocycles. The second kappa shape index (κ2) is 5.32. The van der Waals surface area contributed by atoms with Gasteiger partial charge in [0.05, 0.1) is 12.7 Å². The fourth-order valence-electron chi connectivity index (χ4n) is 3.40. The molecule has 0 amide bonds. The molecular weight excluding hydrogens is 254 g/mol. The SMILES string of the molecule is COC(=O)c1cc(NC2CCN3CCCC23)ccc1N. The third-order valence-corrected chi connectivity index (χ3v) is 4.42. The summed E-state index contributed by atoms with van der Waals surface area (Å²) in [5, 5.41) is 3.55. The summed E-state index contributed by atoms with van der Waals surface area (Å²) >= 11 is 0. The van der Waals surface area contributed by atoms with Crippen molar-refractivity contribution in [3.63, 3.8) is 0 Å². The average Bonchev–Trinajstić information content (AvgIpc) is 3.05. The van der Waals surface area contributed by atoms with Gasteiger partial charge in [0.15, 0.2) is 0 Å². The molecule has 0 bridgehead atoms.